The fraction of sp³-hybridized carbons (Fsp3) is 0.357. The topological polar surface area (TPSA) is 40.7 Å². The van der Waals surface area contributed by atoms with E-state index in [-0.39, 0.29) is 0 Å². The van der Waals surface area contributed by atoms with Gasteiger partial charge in [-0.05, 0) is 25.3 Å². The van der Waals surface area contributed by atoms with Crippen molar-refractivity contribution >= 4 is 0 Å². The molecule has 0 aliphatic heterocycles. The normalized spacial score (nSPS) is 17.0. The zero-order chi connectivity index (χ0) is 11.7. The van der Waals surface area contributed by atoms with Crippen LogP contribution in [0.4, 0.5) is 0 Å². The second-order valence-corrected chi connectivity index (χ2v) is 5.05. The zero-order valence-corrected chi connectivity index (χ0v) is 10.0. The van der Waals surface area contributed by atoms with Crippen LogP contribution in [0.2, 0.25) is 0 Å². The third kappa shape index (κ3) is 2.24. The molecular weight excluding hydrogens is 210 g/mol. The van der Waals surface area contributed by atoms with E-state index in [0.29, 0.717) is 5.54 Å². The van der Waals surface area contributed by atoms with Crippen LogP contribution in [-0.4, -0.2) is 15.7 Å². The highest BCUT2D eigenvalue weighted by atomic mass is 15.1. The molecule has 2 N–H and O–H groups in total. The summed E-state index contributed by atoms with van der Waals surface area (Å²) in [4.78, 5) is 0. The van der Waals surface area contributed by atoms with Crippen LogP contribution in [0.15, 0.2) is 36.5 Å². The highest BCUT2D eigenvalue weighted by Gasteiger charge is 2.36. The largest absolute Gasteiger partial charge is 0.307 e. The van der Waals surface area contributed by atoms with E-state index >= 15 is 0 Å². The van der Waals surface area contributed by atoms with Crippen LogP contribution in [0.5, 0.6) is 0 Å². The Morgan fingerprint density at radius 1 is 1.29 bits per heavy atom. The van der Waals surface area contributed by atoms with Gasteiger partial charge in [-0.15, -0.1) is 0 Å². The average molecular weight is 227 g/mol. The van der Waals surface area contributed by atoms with Crippen molar-refractivity contribution in [3.63, 3.8) is 0 Å². The van der Waals surface area contributed by atoms with Gasteiger partial charge in [0, 0.05) is 17.6 Å². The first-order valence-electron chi connectivity index (χ1n) is 6.10. The zero-order valence-electron chi connectivity index (χ0n) is 10.0. The molecule has 0 saturated heterocycles. The van der Waals surface area contributed by atoms with Gasteiger partial charge in [0.1, 0.15) is 0 Å². The maximum Gasteiger partial charge on any atom is 0.0695 e. The van der Waals surface area contributed by atoms with E-state index in [4.69, 9.17) is 0 Å². The number of aromatic amines is 1. The lowest BCUT2D eigenvalue weighted by Gasteiger charge is -2.11. The summed E-state index contributed by atoms with van der Waals surface area (Å²) in [5.41, 5.74) is 3.93. The molecule has 0 unspecified atom stereocenters. The maximum absolute atomic E-state index is 4.15. The number of nitrogens with zero attached hydrogens (tertiary/aromatic N) is 1. The molecule has 0 radical (unpaired) electrons. The van der Waals surface area contributed by atoms with Crippen molar-refractivity contribution in [3.05, 3.63) is 42.1 Å². The van der Waals surface area contributed by atoms with Gasteiger partial charge in [-0.25, -0.2) is 0 Å². The molecule has 0 atom stereocenters. The number of benzene rings is 1. The molecule has 0 spiro atoms. The summed E-state index contributed by atoms with van der Waals surface area (Å²) in [6.45, 7) is 3.16. The molecule has 0 amide bonds. The number of hydrogen-bond donors (Lipinski definition) is 2. The molecule has 0 bridgehead atoms. The summed E-state index contributed by atoms with van der Waals surface area (Å²) in [7, 11) is 0. The number of rotatable bonds is 4. The van der Waals surface area contributed by atoms with Crippen LogP contribution in [0.3, 0.4) is 0 Å². The van der Waals surface area contributed by atoms with Crippen LogP contribution < -0.4 is 5.32 Å². The summed E-state index contributed by atoms with van der Waals surface area (Å²) in [6, 6.07) is 10.3. The Morgan fingerprint density at radius 3 is 2.76 bits per heavy atom. The van der Waals surface area contributed by atoms with Crippen LogP contribution in [-0.2, 0) is 6.54 Å². The fourth-order valence-electron chi connectivity index (χ4n) is 1.97. The van der Waals surface area contributed by atoms with E-state index in [1.165, 1.54) is 24.0 Å². The Kier molecular flexibility index (Phi) is 2.48. The Bertz CT molecular complexity index is 497. The first-order chi connectivity index (χ1) is 8.27. The fourth-order valence-corrected chi connectivity index (χ4v) is 1.97. The second kappa shape index (κ2) is 4.00. The number of hydrogen-bond acceptors (Lipinski definition) is 2. The van der Waals surface area contributed by atoms with Gasteiger partial charge in [-0.3, -0.25) is 5.10 Å². The van der Waals surface area contributed by atoms with Gasteiger partial charge in [0.2, 0.25) is 0 Å². The molecule has 1 aromatic carbocycles. The first kappa shape index (κ1) is 10.5. The van der Waals surface area contributed by atoms with Crippen LogP contribution in [0.1, 0.15) is 25.3 Å². The van der Waals surface area contributed by atoms with Crippen molar-refractivity contribution in [1.29, 1.82) is 0 Å². The van der Waals surface area contributed by atoms with Crippen molar-refractivity contribution in [2.45, 2.75) is 31.8 Å². The Hall–Kier alpha value is -1.61. The van der Waals surface area contributed by atoms with E-state index in [1.807, 2.05) is 12.3 Å². The SMILES string of the molecule is CC1(NCc2cn[nH]c2-c2ccccc2)CC1. The monoisotopic (exact) mass is 227 g/mol. The van der Waals surface area contributed by atoms with E-state index in [9.17, 15) is 0 Å². The molecule has 3 heteroatoms. The smallest absolute Gasteiger partial charge is 0.0695 e. The van der Waals surface area contributed by atoms with Gasteiger partial charge in [0.25, 0.3) is 0 Å². The van der Waals surface area contributed by atoms with E-state index in [0.717, 1.165) is 12.2 Å². The average Bonchev–Trinajstić information content (AvgIpc) is 2.93. The standard InChI is InChI=1S/C14H17N3/c1-14(7-8-14)15-9-12-10-16-17-13(12)11-5-3-2-4-6-11/h2-6,10,15H,7-9H2,1H3,(H,16,17). The molecule has 1 heterocycles. The number of nitrogens with one attached hydrogen (secondary N) is 2. The summed E-state index contributed by atoms with van der Waals surface area (Å²) in [5.74, 6) is 0. The van der Waals surface area contributed by atoms with Crippen LogP contribution in [0, 0.1) is 0 Å². The number of H-pyrrole nitrogens is 1. The Balaban J connectivity index is 1.79. The van der Waals surface area contributed by atoms with Gasteiger partial charge in [-0.1, -0.05) is 30.3 Å². The quantitative estimate of drug-likeness (QED) is 0.843. The minimum Gasteiger partial charge on any atom is -0.307 e. The van der Waals surface area contributed by atoms with E-state index in [2.05, 4.69) is 46.7 Å². The third-order valence-corrected chi connectivity index (χ3v) is 3.49. The lowest BCUT2D eigenvalue weighted by atomic mass is 10.1. The van der Waals surface area contributed by atoms with Crippen molar-refractivity contribution in [2.24, 2.45) is 0 Å². The molecule has 1 saturated carbocycles. The van der Waals surface area contributed by atoms with Gasteiger partial charge in [0.15, 0.2) is 0 Å². The van der Waals surface area contributed by atoms with Gasteiger partial charge in [-0.2, -0.15) is 5.10 Å². The molecule has 3 nitrogen and oxygen atoms in total. The molecule has 2 aromatic rings. The van der Waals surface area contributed by atoms with Crippen molar-refractivity contribution < 1.29 is 0 Å². The van der Waals surface area contributed by atoms with E-state index in [1.54, 1.807) is 0 Å². The molecular formula is C14H17N3. The molecule has 1 aliphatic rings. The lowest BCUT2D eigenvalue weighted by Crippen LogP contribution is -2.26. The van der Waals surface area contributed by atoms with Gasteiger partial charge in [0.05, 0.1) is 11.9 Å². The molecule has 1 aliphatic carbocycles. The lowest BCUT2D eigenvalue weighted by molar-refractivity contribution is 0.538. The van der Waals surface area contributed by atoms with Crippen LogP contribution in [0.25, 0.3) is 11.3 Å². The summed E-state index contributed by atoms with van der Waals surface area (Å²) < 4.78 is 0. The third-order valence-electron chi connectivity index (χ3n) is 3.49. The molecule has 1 aromatic heterocycles. The highest BCUT2D eigenvalue weighted by molar-refractivity contribution is 5.62. The predicted molar refractivity (Wildman–Crippen MR) is 68.5 cm³/mol. The van der Waals surface area contributed by atoms with Gasteiger partial charge < -0.3 is 5.32 Å². The number of aromatic nitrogens is 2. The Labute approximate surface area is 101 Å². The maximum atomic E-state index is 4.15. The highest BCUT2D eigenvalue weighted by Crippen LogP contribution is 2.35. The minimum absolute atomic E-state index is 0.366. The van der Waals surface area contributed by atoms with Crippen molar-refractivity contribution in [2.75, 3.05) is 0 Å². The predicted octanol–water partition coefficient (Wildman–Crippen LogP) is 2.72. The first-order valence-corrected chi connectivity index (χ1v) is 6.10. The van der Waals surface area contributed by atoms with Gasteiger partial charge >= 0.3 is 0 Å². The van der Waals surface area contributed by atoms with Crippen molar-refractivity contribution in [3.8, 4) is 11.3 Å². The summed E-state index contributed by atoms with van der Waals surface area (Å²) >= 11 is 0. The molecule has 1 fully saturated rings. The summed E-state index contributed by atoms with van der Waals surface area (Å²) in [6.07, 6.45) is 4.48. The molecule has 88 valence electrons. The summed E-state index contributed by atoms with van der Waals surface area (Å²) in [5, 5.41) is 10.8. The Morgan fingerprint density at radius 2 is 2.06 bits per heavy atom. The van der Waals surface area contributed by atoms with E-state index < -0.39 is 0 Å². The minimum atomic E-state index is 0.366. The van der Waals surface area contributed by atoms with Crippen LogP contribution >= 0.6 is 0 Å². The van der Waals surface area contributed by atoms with Crippen molar-refractivity contribution in [1.82, 2.24) is 15.5 Å². The molecule has 17 heavy (non-hydrogen) atoms. The second-order valence-electron chi connectivity index (χ2n) is 5.05. The molecule has 3 rings (SSSR count).